The van der Waals surface area contributed by atoms with Crippen LogP contribution in [-0.4, -0.2) is 52.2 Å². The molecule has 0 bridgehead atoms. The van der Waals surface area contributed by atoms with E-state index in [1.54, 1.807) is 18.2 Å². The van der Waals surface area contributed by atoms with Gasteiger partial charge in [-0.1, -0.05) is 24.6 Å². The van der Waals surface area contributed by atoms with Gasteiger partial charge in [-0.25, -0.2) is 9.59 Å². The molecule has 1 aliphatic heterocycles. The van der Waals surface area contributed by atoms with Crippen LogP contribution in [0.2, 0.25) is 0 Å². The normalized spacial score (nSPS) is 27.7. The van der Waals surface area contributed by atoms with Crippen LogP contribution in [0, 0.1) is 10.1 Å². The molecule has 1 heterocycles. The largest absolute Gasteiger partial charge is 0.459 e. The first-order valence-electron chi connectivity index (χ1n) is 11.1. The van der Waals surface area contributed by atoms with E-state index >= 15 is 0 Å². The van der Waals surface area contributed by atoms with Gasteiger partial charge in [0, 0.05) is 18.4 Å². The Balaban J connectivity index is 1.59. The zero-order valence-electron chi connectivity index (χ0n) is 18.4. The van der Waals surface area contributed by atoms with E-state index in [2.05, 4.69) is 0 Å². The summed E-state index contributed by atoms with van der Waals surface area (Å²) in [6.45, 7) is 3.94. The lowest BCUT2D eigenvalue weighted by molar-refractivity contribution is -0.535. The van der Waals surface area contributed by atoms with Crippen molar-refractivity contribution < 1.29 is 24.0 Å². The molecule has 31 heavy (non-hydrogen) atoms. The first kappa shape index (κ1) is 23.0. The predicted octanol–water partition coefficient (Wildman–Crippen LogP) is 4.33. The molecule has 2 fully saturated rings. The highest BCUT2D eigenvalue weighted by Crippen LogP contribution is 2.32. The van der Waals surface area contributed by atoms with Crippen molar-refractivity contribution in [3.63, 3.8) is 0 Å². The average Bonchev–Trinajstić information content (AvgIpc) is 2.94. The molecule has 0 aromatic carbocycles. The topological polar surface area (TPSA) is 99.0 Å². The zero-order chi connectivity index (χ0) is 22.5. The van der Waals surface area contributed by atoms with Crippen LogP contribution in [0.15, 0.2) is 36.0 Å². The lowest BCUT2D eigenvalue weighted by Gasteiger charge is -2.38. The van der Waals surface area contributed by atoms with E-state index in [0.717, 1.165) is 44.9 Å². The van der Waals surface area contributed by atoms with Gasteiger partial charge in [0.15, 0.2) is 0 Å². The van der Waals surface area contributed by atoms with E-state index in [4.69, 9.17) is 9.47 Å². The van der Waals surface area contributed by atoms with Crippen molar-refractivity contribution in [1.82, 2.24) is 4.90 Å². The molecule has 2 atom stereocenters. The first-order valence-corrected chi connectivity index (χ1v) is 11.1. The van der Waals surface area contributed by atoms with Crippen LogP contribution in [-0.2, 0) is 14.3 Å². The van der Waals surface area contributed by atoms with E-state index < -0.39 is 29.2 Å². The Kier molecular flexibility index (Phi) is 7.18. The zero-order valence-corrected chi connectivity index (χ0v) is 18.4. The molecule has 3 rings (SSSR count). The molecule has 8 heteroatoms. The standard InChI is InChI=1S/C23H32N2O6/c1-22(25(28)29)12-8-9-18(11-15-22)17-30-20(26)19-10-4-7-16-24(19)21(27)31-23(2)13-5-3-6-14-23/h8-9,11-12,15,19H,3-7,10,13-14,16-17H2,1-2H3. The number of hydrogen-bond acceptors (Lipinski definition) is 6. The smallest absolute Gasteiger partial charge is 0.411 e. The molecule has 0 aromatic heterocycles. The average molecular weight is 433 g/mol. The number of nitrogens with zero attached hydrogens (tertiary/aromatic N) is 2. The maximum absolute atomic E-state index is 12.9. The third-order valence-electron chi connectivity index (χ3n) is 6.41. The minimum atomic E-state index is -1.29. The second kappa shape index (κ2) is 9.66. The van der Waals surface area contributed by atoms with Crippen LogP contribution >= 0.6 is 0 Å². The fraction of sp³-hybridized carbons (Fsp3) is 0.652. The summed E-state index contributed by atoms with van der Waals surface area (Å²) in [7, 11) is 0. The number of piperidine rings is 1. The van der Waals surface area contributed by atoms with E-state index in [1.165, 1.54) is 24.0 Å². The summed E-state index contributed by atoms with van der Waals surface area (Å²) >= 11 is 0. The highest BCUT2D eigenvalue weighted by atomic mass is 16.6. The molecule has 0 aromatic rings. The van der Waals surface area contributed by atoms with Crippen molar-refractivity contribution in [1.29, 1.82) is 0 Å². The number of hydrogen-bond donors (Lipinski definition) is 0. The number of carbonyl (C=O) groups excluding carboxylic acids is 2. The minimum absolute atomic E-state index is 0.00935. The number of amides is 1. The molecule has 8 nitrogen and oxygen atoms in total. The van der Waals surface area contributed by atoms with Crippen molar-refractivity contribution in [2.75, 3.05) is 13.2 Å². The van der Waals surface area contributed by atoms with Crippen LogP contribution in [0.3, 0.4) is 0 Å². The summed E-state index contributed by atoms with van der Waals surface area (Å²) in [5.41, 5.74) is -1.11. The summed E-state index contributed by atoms with van der Waals surface area (Å²) < 4.78 is 11.3. The SMILES string of the molecule is CC1(OC(=O)N2CCCCC2C(=O)OCC2=CC=CC(C)([N+](=O)[O-])C=C2)CCCCC1. The Bertz CT molecular complexity index is 796. The van der Waals surface area contributed by atoms with Crippen molar-refractivity contribution >= 4 is 12.1 Å². The molecule has 0 N–H and O–H groups in total. The number of ether oxygens (including phenoxy) is 2. The second-order valence-corrected chi connectivity index (χ2v) is 9.11. The van der Waals surface area contributed by atoms with Crippen LogP contribution in [0.4, 0.5) is 4.79 Å². The molecule has 3 aliphatic rings. The molecule has 0 radical (unpaired) electrons. The summed E-state index contributed by atoms with van der Waals surface area (Å²) in [6, 6.07) is -0.664. The number of esters is 1. The summed E-state index contributed by atoms with van der Waals surface area (Å²) in [5, 5.41) is 11.2. The number of nitro groups is 1. The Morgan fingerprint density at radius 1 is 1.16 bits per heavy atom. The molecule has 1 amide bonds. The van der Waals surface area contributed by atoms with Crippen molar-refractivity contribution in [2.24, 2.45) is 0 Å². The van der Waals surface area contributed by atoms with Gasteiger partial charge in [-0.15, -0.1) is 0 Å². The second-order valence-electron chi connectivity index (χ2n) is 9.11. The molecular formula is C23H32N2O6. The van der Waals surface area contributed by atoms with E-state index in [0.29, 0.717) is 18.5 Å². The van der Waals surface area contributed by atoms with Crippen LogP contribution in [0.1, 0.15) is 65.2 Å². The van der Waals surface area contributed by atoms with Crippen LogP contribution in [0.25, 0.3) is 0 Å². The minimum Gasteiger partial charge on any atom is -0.459 e. The Morgan fingerprint density at radius 3 is 2.61 bits per heavy atom. The Morgan fingerprint density at radius 2 is 1.90 bits per heavy atom. The maximum Gasteiger partial charge on any atom is 0.411 e. The maximum atomic E-state index is 12.9. The summed E-state index contributed by atoms with van der Waals surface area (Å²) in [4.78, 5) is 38.0. The monoisotopic (exact) mass is 432 g/mol. The Hall–Kier alpha value is -2.64. The third-order valence-corrected chi connectivity index (χ3v) is 6.41. The quantitative estimate of drug-likeness (QED) is 0.364. The van der Waals surface area contributed by atoms with Crippen LogP contribution < -0.4 is 0 Å². The summed E-state index contributed by atoms with van der Waals surface area (Å²) in [6.07, 6.45) is 14.6. The van der Waals surface area contributed by atoms with E-state index in [9.17, 15) is 19.7 Å². The third kappa shape index (κ3) is 5.74. The van der Waals surface area contributed by atoms with Gasteiger partial charge in [-0.2, -0.15) is 0 Å². The van der Waals surface area contributed by atoms with E-state index in [1.807, 2.05) is 6.92 Å². The van der Waals surface area contributed by atoms with Crippen LogP contribution in [0.5, 0.6) is 0 Å². The lowest BCUT2D eigenvalue weighted by Crippen LogP contribution is -2.51. The fourth-order valence-electron chi connectivity index (χ4n) is 4.29. The van der Waals surface area contributed by atoms with Crippen molar-refractivity contribution in [3.05, 3.63) is 46.1 Å². The highest BCUT2D eigenvalue weighted by Gasteiger charge is 2.38. The molecule has 2 aliphatic carbocycles. The van der Waals surface area contributed by atoms with Gasteiger partial charge in [0.05, 0.1) is 0 Å². The molecular weight excluding hydrogens is 400 g/mol. The van der Waals surface area contributed by atoms with Crippen molar-refractivity contribution in [2.45, 2.75) is 82.4 Å². The molecule has 2 unspecified atom stereocenters. The number of likely N-dealkylation sites (tertiary alicyclic amines) is 1. The molecule has 1 saturated heterocycles. The van der Waals surface area contributed by atoms with Gasteiger partial charge in [0.1, 0.15) is 18.2 Å². The highest BCUT2D eigenvalue weighted by molar-refractivity contribution is 5.82. The number of allylic oxidation sites excluding steroid dienone is 2. The van der Waals surface area contributed by atoms with Crippen molar-refractivity contribution in [3.8, 4) is 0 Å². The number of carbonyl (C=O) groups is 2. The van der Waals surface area contributed by atoms with Gasteiger partial charge in [0.25, 0.3) is 5.54 Å². The fourth-order valence-corrected chi connectivity index (χ4v) is 4.29. The number of rotatable bonds is 5. The van der Waals surface area contributed by atoms with Gasteiger partial charge >= 0.3 is 12.1 Å². The lowest BCUT2D eigenvalue weighted by atomic mass is 9.86. The summed E-state index contributed by atoms with van der Waals surface area (Å²) in [5.74, 6) is -0.468. The first-order chi connectivity index (χ1) is 14.7. The van der Waals surface area contributed by atoms with Gasteiger partial charge in [-0.05, 0) is 69.6 Å². The predicted molar refractivity (Wildman–Crippen MR) is 115 cm³/mol. The Labute approximate surface area is 183 Å². The molecule has 1 saturated carbocycles. The molecule has 170 valence electrons. The van der Waals surface area contributed by atoms with Gasteiger partial charge in [0.2, 0.25) is 0 Å². The van der Waals surface area contributed by atoms with E-state index in [-0.39, 0.29) is 11.5 Å². The van der Waals surface area contributed by atoms with Gasteiger partial charge in [-0.3, -0.25) is 15.0 Å². The molecule has 0 spiro atoms. The van der Waals surface area contributed by atoms with Gasteiger partial charge < -0.3 is 9.47 Å².